The average Bonchev–Trinajstić information content (AvgIpc) is 3.05. The Morgan fingerprint density at radius 2 is 2.12 bits per heavy atom. The van der Waals surface area contributed by atoms with E-state index in [1.54, 1.807) is 29.0 Å². The lowest BCUT2D eigenvalue weighted by atomic mass is 9.97. The number of aryl methyl sites for hydroxylation is 1. The molecule has 0 saturated carbocycles. The molecule has 1 saturated heterocycles. The molecule has 7 nitrogen and oxygen atoms in total. The lowest BCUT2D eigenvalue weighted by Crippen LogP contribution is -2.51. The van der Waals surface area contributed by atoms with Crippen LogP contribution in [-0.2, 0) is 20.9 Å². The summed E-state index contributed by atoms with van der Waals surface area (Å²) >= 11 is 0. The van der Waals surface area contributed by atoms with Crippen molar-refractivity contribution in [3.05, 3.63) is 48.3 Å². The van der Waals surface area contributed by atoms with Crippen molar-refractivity contribution in [3.63, 3.8) is 0 Å². The van der Waals surface area contributed by atoms with E-state index < -0.39 is 12.1 Å². The molecular formula is C17H20N4O3. The Morgan fingerprint density at radius 1 is 1.38 bits per heavy atom. The largest absolute Gasteiger partial charge is 0.356 e. The second-order valence-electron chi connectivity index (χ2n) is 5.67. The average molecular weight is 328 g/mol. The molecule has 0 spiro atoms. The second-order valence-corrected chi connectivity index (χ2v) is 5.67. The molecule has 3 rings (SSSR count). The molecule has 126 valence electrons. The first-order valence-corrected chi connectivity index (χ1v) is 7.85. The minimum atomic E-state index is -0.778. The van der Waals surface area contributed by atoms with Crippen LogP contribution in [0.25, 0.3) is 0 Å². The molecule has 1 aromatic heterocycles. The third kappa shape index (κ3) is 3.16. The predicted octanol–water partition coefficient (Wildman–Crippen LogP) is 1.44. The van der Waals surface area contributed by atoms with Crippen LogP contribution in [0.3, 0.4) is 0 Å². The van der Waals surface area contributed by atoms with Gasteiger partial charge in [0.25, 0.3) is 5.91 Å². The van der Waals surface area contributed by atoms with Gasteiger partial charge in [-0.15, -0.1) is 0 Å². The summed E-state index contributed by atoms with van der Waals surface area (Å²) < 4.78 is 7.29. The number of likely N-dealkylation sites (N-methyl/N-ethyl adjacent to an activating group) is 1. The van der Waals surface area contributed by atoms with Crippen molar-refractivity contribution in [2.75, 3.05) is 19.0 Å². The third-order valence-electron chi connectivity index (χ3n) is 4.11. The first kappa shape index (κ1) is 16.2. The van der Waals surface area contributed by atoms with E-state index in [0.29, 0.717) is 5.69 Å². The van der Waals surface area contributed by atoms with Crippen LogP contribution in [0, 0.1) is 0 Å². The van der Waals surface area contributed by atoms with E-state index in [-0.39, 0.29) is 18.4 Å². The van der Waals surface area contributed by atoms with Gasteiger partial charge in [0.15, 0.2) is 6.10 Å². The van der Waals surface area contributed by atoms with Gasteiger partial charge in [-0.05, 0) is 12.5 Å². The van der Waals surface area contributed by atoms with E-state index in [1.165, 1.54) is 0 Å². The lowest BCUT2D eigenvalue weighted by Gasteiger charge is -2.38. The Bertz CT molecular complexity index is 728. The van der Waals surface area contributed by atoms with E-state index in [2.05, 4.69) is 10.4 Å². The number of nitrogens with one attached hydrogen (secondary N) is 1. The number of anilines is 1. The molecule has 1 aliphatic rings. The molecule has 1 fully saturated rings. The van der Waals surface area contributed by atoms with Crippen molar-refractivity contribution in [2.45, 2.75) is 25.6 Å². The molecule has 0 unspecified atom stereocenters. The van der Waals surface area contributed by atoms with Crippen molar-refractivity contribution >= 4 is 17.5 Å². The minimum absolute atomic E-state index is 0.105. The van der Waals surface area contributed by atoms with Gasteiger partial charge in [0.05, 0.1) is 17.9 Å². The predicted molar refractivity (Wildman–Crippen MR) is 88.2 cm³/mol. The minimum Gasteiger partial charge on any atom is -0.356 e. The van der Waals surface area contributed by atoms with E-state index in [0.717, 1.165) is 12.1 Å². The molecule has 1 aliphatic heterocycles. The maximum absolute atomic E-state index is 12.7. The Morgan fingerprint density at radius 3 is 2.79 bits per heavy atom. The third-order valence-corrected chi connectivity index (χ3v) is 4.11. The fraction of sp³-hybridized carbons (Fsp3) is 0.353. The summed E-state index contributed by atoms with van der Waals surface area (Å²) in [6.07, 6.45) is 2.57. The maximum atomic E-state index is 12.7. The summed E-state index contributed by atoms with van der Waals surface area (Å²) in [6.45, 7) is 2.58. The van der Waals surface area contributed by atoms with Gasteiger partial charge in [-0.2, -0.15) is 5.10 Å². The first-order valence-electron chi connectivity index (χ1n) is 7.85. The van der Waals surface area contributed by atoms with Crippen molar-refractivity contribution in [2.24, 2.45) is 0 Å². The van der Waals surface area contributed by atoms with E-state index >= 15 is 0 Å². The zero-order valence-corrected chi connectivity index (χ0v) is 13.7. The van der Waals surface area contributed by atoms with Gasteiger partial charge in [0, 0.05) is 19.8 Å². The SMILES string of the molecule is CCn1cc(NC(=O)[C@@H]2OCC(=O)N(C)[C@H]2c2ccccc2)cn1. The van der Waals surface area contributed by atoms with Gasteiger partial charge in [-0.25, -0.2) is 0 Å². The fourth-order valence-electron chi connectivity index (χ4n) is 2.79. The maximum Gasteiger partial charge on any atom is 0.256 e. The highest BCUT2D eigenvalue weighted by molar-refractivity contribution is 5.96. The first-order chi connectivity index (χ1) is 11.6. The van der Waals surface area contributed by atoms with Crippen molar-refractivity contribution in [1.82, 2.24) is 14.7 Å². The van der Waals surface area contributed by atoms with Crippen molar-refractivity contribution < 1.29 is 14.3 Å². The highest BCUT2D eigenvalue weighted by atomic mass is 16.5. The number of nitrogens with zero attached hydrogens (tertiary/aromatic N) is 3. The Balaban J connectivity index is 1.83. The molecule has 7 heteroatoms. The van der Waals surface area contributed by atoms with Gasteiger partial charge >= 0.3 is 0 Å². The smallest absolute Gasteiger partial charge is 0.256 e. The molecule has 0 radical (unpaired) electrons. The molecule has 2 amide bonds. The summed E-state index contributed by atoms with van der Waals surface area (Å²) in [5.41, 5.74) is 1.47. The Hall–Kier alpha value is -2.67. The van der Waals surface area contributed by atoms with Crippen LogP contribution in [0.1, 0.15) is 18.5 Å². The van der Waals surface area contributed by atoms with Crippen LogP contribution in [0.4, 0.5) is 5.69 Å². The number of rotatable bonds is 4. The topological polar surface area (TPSA) is 76.5 Å². The van der Waals surface area contributed by atoms with Crippen LogP contribution in [0.2, 0.25) is 0 Å². The monoisotopic (exact) mass is 328 g/mol. The number of hydrogen-bond donors (Lipinski definition) is 1. The highest BCUT2D eigenvalue weighted by Gasteiger charge is 2.40. The number of carbonyl (C=O) groups is 2. The molecule has 0 aliphatic carbocycles. The van der Waals surface area contributed by atoms with Crippen molar-refractivity contribution in [1.29, 1.82) is 0 Å². The highest BCUT2D eigenvalue weighted by Crippen LogP contribution is 2.29. The van der Waals surface area contributed by atoms with Crippen LogP contribution < -0.4 is 5.32 Å². The lowest BCUT2D eigenvalue weighted by molar-refractivity contribution is -0.160. The summed E-state index contributed by atoms with van der Waals surface area (Å²) in [7, 11) is 1.69. The van der Waals surface area contributed by atoms with Crippen LogP contribution in [-0.4, -0.2) is 46.3 Å². The molecule has 0 bridgehead atoms. The molecule has 2 aromatic rings. The summed E-state index contributed by atoms with van der Waals surface area (Å²) in [4.78, 5) is 26.3. The number of benzene rings is 1. The fourth-order valence-corrected chi connectivity index (χ4v) is 2.79. The van der Waals surface area contributed by atoms with Gasteiger partial charge in [0.1, 0.15) is 6.61 Å². The van der Waals surface area contributed by atoms with Gasteiger partial charge in [-0.1, -0.05) is 30.3 Å². The van der Waals surface area contributed by atoms with Gasteiger partial charge < -0.3 is 15.0 Å². The number of aromatic nitrogens is 2. The second kappa shape index (κ2) is 6.84. The number of amides is 2. The van der Waals surface area contributed by atoms with Gasteiger partial charge in [-0.3, -0.25) is 14.3 Å². The standard InChI is InChI=1S/C17H20N4O3/c1-3-21-10-13(9-18-21)19-17(23)16-15(12-7-5-4-6-8-12)20(2)14(22)11-24-16/h4-10,15-16H,3,11H2,1-2H3,(H,19,23)/t15-,16+/m0/s1. The van der Waals surface area contributed by atoms with Gasteiger partial charge in [0.2, 0.25) is 5.91 Å². The van der Waals surface area contributed by atoms with E-state index in [4.69, 9.17) is 4.74 Å². The van der Waals surface area contributed by atoms with E-state index in [1.807, 2.05) is 37.3 Å². The zero-order valence-electron chi connectivity index (χ0n) is 13.7. The van der Waals surface area contributed by atoms with Crippen LogP contribution in [0.5, 0.6) is 0 Å². The normalized spacial score (nSPS) is 20.9. The summed E-state index contributed by atoms with van der Waals surface area (Å²) in [6, 6.07) is 8.96. The Labute approximate surface area is 140 Å². The number of morpholine rings is 1. The number of hydrogen-bond acceptors (Lipinski definition) is 4. The Kier molecular flexibility index (Phi) is 4.61. The number of carbonyl (C=O) groups excluding carboxylic acids is 2. The summed E-state index contributed by atoms with van der Waals surface area (Å²) in [5.74, 6) is -0.439. The number of ether oxygens (including phenoxy) is 1. The molecule has 2 atom stereocenters. The molecule has 1 N–H and O–H groups in total. The summed E-state index contributed by atoms with van der Waals surface area (Å²) in [5, 5.41) is 6.95. The molecule has 24 heavy (non-hydrogen) atoms. The van der Waals surface area contributed by atoms with E-state index in [9.17, 15) is 9.59 Å². The van der Waals surface area contributed by atoms with Crippen molar-refractivity contribution in [3.8, 4) is 0 Å². The molecular weight excluding hydrogens is 308 g/mol. The van der Waals surface area contributed by atoms with Crippen LogP contribution >= 0.6 is 0 Å². The van der Waals surface area contributed by atoms with Crippen LogP contribution in [0.15, 0.2) is 42.7 Å². The zero-order chi connectivity index (χ0) is 17.1. The molecule has 1 aromatic carbocycles. The quantitative estimate of drug-likeness (QED) is 0.921. The molecule has 2 heterocycles.